The van der Waals surface area contributed by atoms with E-state index in [1.54, 1.807) is 20.1 Å². The minimum atomic E-state index is -3.71. The molecule has 7 heteroatoms. The van der Waals surface area contributed by atoms with Crippen molar-refractivity contribution >= 4 is 10.0 Å². The highest BCUT2D eigenvalue weighted by molar-refractivity contribution is 7.89. The summed E-state index contributed by atoms with van der Waals surface area (Å²) >= 11 is 0. The largest absolute Gasteiger partial charge is 0.495 e. The molecule has 0 amide bonds. The normalized spacial score (nSPS) is 13.2. The smallest absolute Gasteiger partial charge is 0.244 e. The van der Waals surface area contributed by atoms with Crippen molar-refractivity contribution < 1.29 is 23.0 Å². The van der Waals surface area contributed by atoms with Gasteiger partial charge in [0.2, 0.25) is 10.0 Å². The third-order valence-corrected chi connectivity index (χ3v) is 4.42. The van der Waals surface area contributed by atoms with Crippen LogP contribution in [0.3, 0.4) is 0 Å². The van der Waals surface area contributed by atoms with Gasteiger partial charge < -0.3 is 14.6 Å². The van der Waals surface area contributed by atoms with Crippen molar-refractivity contribution in [2.24, 2.45) is 0 Å². The third-order valence-electron chi connectivity index (χ3n) is 2.81. The van der Waals surface area contributed by atoms with E-state index in [0.717, 1.165) is 0 Å². The summed E-state index contributed by atoms with van der Waals surface area (Å²) in [5.41, 5.74) is 0.510. The Morgan fingerprint density at radius 2 is 2.05 bits per heavy atom. The Kier molecular flexibility index (Phi) is 6.41. The summed E-state index contributed by atoms with van der Waals surface area (Å²) in [6.45, 7) is 2.00. The van der Waals surface area contributed by atoms with Crippen LogP contribution in [0.5, 0.6) is 5.75 Å². The van der Waals surface area contributed by atoms with Gasteiger partial charge in [0.05, 0.1) is 13.7 Å². The lowest BCUT2D eigenvalue weighted by Crippen LogP contribution is -2.33. The number of hydrogen-bond donors (Lipinski definition) is 2. The molecule has 0 aliphatic carbocycles. The number of sulfonamides is 1. The quantitative estimate of drug-likeness (QED) is 0.745. The van der Waals surface area contributed by atoms with Gasteiger partial charge in [0, 0.05) is 19.8 Å². The molecule has 114 valence electrons. The number of aliphatic hydroxyl groups is 1. The second-order valence-corrected chi connectivity index (χ2v) is 6.13. The van der Waals surface area contributed by atoms with Gasteiger partial charge >= 0.3 is 0 Å². The molecule has 0 radical (unpaired) electrons. The summed E-state index contributed by atoms with van der Waals surface area (Å²) in [4.78, 5) is 0.0239. The van der Waals surface area contributed by atoms with Crippen molar-refractivity contribution in [1.82, 2.24) is 4.72 Å². The highest BCUT2D eigenvalue weighted by atomic mass is 32.2. The highest BCUT2D eigenvalue weighted by Crippen LogP contribution is 2.25. The van der Waals surface area contributed by atoms with Crippen LogP contribution < -0.4 is 9.46 Å². The lowest BCUT2D eigenvalue weighted by Gasteiger charge is -2.16. The zero-order valence-corrected chi connectivity index (χ0v) is 12.7. The first-order valence-electron chi connectivity index (χ1n) is 6.23. The first-order chi connectivity index (χ1) is 9.44. The molecule has 1 aromatic rings. The average Bonchev–Trinajstić information content (AvgIpc) is 2.43. The van der Waals surface area contributed by atoms with E-state index in [0.29, 0.717) is 18.6 Å². The number of methoxy groups -OCH3 is 2. The number of nitrogens with one attached hydrogen (secondary N) is 1. The number of ether oxygens (including phenoxy) is 2. The Hall–Kier alpha value is -1.15. The summed E-state index contributed by atoms with van der Waals surface area (Å²) in [6.07, 6.45) is 0.567. The average molecular weight is 303 g/mol. The molecule has 0 spiro atoms. The van der Waals surface area contributed by atoms with E-state index in [9.17, 15) is 8.42 Å². The Bertz CT molecular complexity index is 530. The Morgan fingerprint density at radius 3 is 2.60 bits per heavy atom. The lowest BCUT2D eigenvalue weighted by molar-refractivity contribution is 0.188. The molecule has 1 rings (SSSR count). The van der Waals surface area contributed by atoms with E-state index < -0.39 is 10.0 Å². The van der Waals surface area contributed by atoms with Gasteiger partial charge in [-0.25, -0.2) is 13.1 Å². The summed E-state index contributed by atoms with van der Waals surface area (Å²) in [5.74, 6) is 0.244. The number of aliphatic hydroxyl groups excluding tert-OH is 1. The zero-order chi connectivity index (χ0) is 15.2. The summed E-state index contributed by atoms with van der Waals surface area (Å²) in [5, 5.41) is 9.12. The fourth-order valence-electron chi connectivity index (χ4n) is 1.71. The Labute approximate surface area is 119 Å². The molecule has 20 heavy (non-hydrogen) atoms. The first-order valence-corrected chi connectivity index (χ1v) is 7.72. The fourth-order valence-corrected chi connectivity index (χ4v) is 3.21. The molecule has 2 N–H and O–H groups in total. The van der Waals surface area contributed by atoms with Crippen molar-refractivity contribution in [3.63, 3.8) is 0 Å². The zero-order valence-electron chi connectivity index (χ0n) is 11.9. The summed E-state index contributed by atoms with van der Waals surface area (Å²) in [7, 11) is -0.738. The number of hydrogen-bond acceptors (Lipinski definition) is 5. The standard InChI is InChI=1S/C13H21NO5S/c1-10(6-7-18-2)14-20(16,17)13-8-11(9-15)4-5-12(13)19-3/h4-5,8,10,14-15H,6-7,9H2,1-3H3. The molecule has 0 fully saturated rings. The Balaban J connectivity index is 3.01. The van der Waals surface area contributed by atoms with Crippen molar-refractivity contribution in [3.05, 3.63) is 23.8 Å². The molecule has 0 bridgehead atoms. The van der Waals surface area contributed by atoms with Gasteiger partial charge in [0.1, 0.15) is 10.6 Å². The molecule has 1 unspecified atom stereocenters. The summed E-state index contributed by atoms with van der Waals surface area (Å²) < 4.78 is 37.2. The van der Waals surface area contributed by atoms with Gasteiger partial charge in [0.15, 0.2) is 0 Å². The van der Waals surface area contributed by atoms with E-state index >= 15 is 0 Å². The molecule has 0 saturated heterocycles. The Morgan fingerprint density at radius 1 is 1.35 bits per heavy atom. The van der Waals surface area contributed by atoms with Crippen LogP contribution >= 0.6 is 0 Å². The molecule has 0 aliphatic rings. The van der Waals surface area contributed by atoms with Crippen molar-refractivity contribution in [1.29, 1.82) is 0 Å². The molecule has 0 saturated carbocycles. The van der Waals surface area contributed by atoms with Gasteiger partial charge in [-0.2, -0.15) is 0 Å². The lowest BCUT2D eigenvalue weighted by atomic mass is 10.2. The molecule has 0 aliphatic heterocycles. The van der Waals surface area contributed by atoms with Gasteiger partial charge in [-0.15, -0.1) is 0 Å². The minimum Gasteiger partial charge on any atom is -0.495 e. The maximum Gasteiger partial charge on any atom is 0.244 e. The predicted octanol–water partition coefficient (Wildman–Crippen LogP) is 0.891. The molecule has 0 aromatic heterocycles. The monoisotopic (exact) mass is 303 g/mol. The van der Waals surface area contributed by atoms with Crippen LogP contribution in [0.25, 0.3) is 0 Å². The van der Waals surface area contributed by atoms with Gasteiger partial charge in [0.25, 0.3) is 0 Å². The second kappa shape index (κ2) is 7.58. The van der Waals surface area contributed by atoms with E-state index in [-0.39, 0.29) is 23.3 Å². The van der Waals surface area contributed by atoms with Gasteiger partial charge in [-0.3, -0.25) is 0 Å². The molecular formula is C13H21NO5S. The predicted molar refractivity (Wildman–Crippen MR) is 75.2 cm³/mol. The van der Waals surface area contributed by atoms with Crippen LogP contribution in [-0.4, -0.2) is 40.4 Å². The third kappa shape index (κ3) is 4.45. The topological polar surface area (TPSA) is 84.9 Å². The van der Waals surface area contributed by atoms with Crippen LogP contribution in [0.1, 0.15) is 18.9 Å². The minimum absolute atomic E-state index is 0.0239. The van der Waals surface area contributed by atoms with Crippen LogP contribution in [0.4, 0.5) is 0 Å². The highest BCUT2D eigenvalue weighted by Gasteiger charge is 2.22. The fraction of sp³-hybridized carbons (Fsp3) is 0.538. The maximum atomic E-state index is 12.3. The van der Waals surface area contributed by atoms with E-state index in [4.69, 9.17) is 14.6 Å². The van der Waals surface area contributed by atoms with Gasteiger partial charge in [-0.1, -0.05) is 6.07 Å². The molecule has 1 atom stereocenters. The molecular weight excluding hydrogens is 282 g/mol. The van der Waals surface area contributed by atoms with Crippen molar-refractivity contribution in [2.45, 2.75) is 30.9 Å². The molecule has 1 aromatic carbocycles. The second-order valence-electron chi connectivity index (χ2n) is 4.45. The number of benzene rings is 1. The van der Waals surface area contributed by atoms with Gasteiger partial charge in [-0.05, 0) is 31.0 Å². The van der Waals surface area contributed by atoms with Crippen LogP contribution in [-0.2, 0) is 21.4 Å². The van der Waals surface area contributed by atoms with Crippen LogP contribution in [0, 0.1) is 0 Å². The maximum absolute atomic E-state index is 12.3. The van der Waals surface area contributed by atoms with Crippen molar-refractivity contribution in [3.8, 4) is 5.75 Å². The molecule has 6 nitrogen and oxygen atoms in total. The first kappa shape index (κ1) is 16.9. The van der Waals surface area contributed by atoms with Crippen molar-refractivity contribution in [2.75, 3.05) is 20.8 Å². The SMILES string of the molecule is COCCC(C)NS(=O)(=O)c1cc(CO)ccc1OC. The summed E-state index contributed by atoms with van der Waals surface area (Å²) in [6, 6.07) is 4.29. The molecule has 0 heterocycles. The van der Waals surface area contributed by atoms with E-state index in [1.165, 1.54) is 19.2 Å². The van der Waals surface area contributed by atoms with E-state index in [2.05, 4.69) is 4.72 Å². The van der Waals surface area contributed by atoms with Crippen LogP contribution in [0.2, 0.25) is 0 Å². The van der Waals surface area contributed by atoms with E-state index in [1.807, 2.05) is 0 Å². The number of rotatable bonds is 8. The van der Waals surface area contributed by atoms with Crippen LogP contribution in [0.15, 0.2) is 23.1 Å².